The fraction of sp³-hybridized carbons (Fsp3) is 0.136. The first kappa shape index (κ1) is 20.5. The zero-order valence-corrected chi connectivity index (χ0v) is 16.9. The molecule has 0 aliphatic carbocycles. The molecule has 7 heteroatoms. The van der Waals surface area contributed by atoms with Crippen molar-refractivity contribution in [1.29, 1.82) is 0 Å². The fourth-order valence-corrected chi connectivity index (χ4v) is 4.09. The highest BCUT2D eigenvalue weighted by atomic mass is 32.2. The Morgan fingerprint density at radius 1 is 0.966 bits per heavy atom. The van der Waals surface area contributed by atoms with Gasteiger partial charge in [-0.2, -0.15) is 0 Å². The maximum Gasteiger partial charge on any atom is 0.264 e. The quantitative estimate of drug-likeness (QED) is 0.662. The highest BCUT2D eigenvalue weighted by Gasteiger charge is 2.23. The minimum Gasteiger partial charge on any atom is -0.346 e. The number of hydrogen-bond donors (Lipinski definition) is 1. The van der Waals surface area contributed by atoms with E-state index in [1.807, 2.05) is 37.3 Å². The lowest BCUT2D eigenvalue weighted by Gasteiger charge is -2.20. The summed E-state index contributed by atoms with van der Waals surface area (Å²) in [6.45, 7) is 1.86. The highest BCUT2D eigenvalue weighted by molar-refractivity contribution is 7.92. The van der Waals surface area contributed by atoms with Crippen molar-refractivity contribution in [2.24, 2.45) is 0 Å². The summed E-state index contributed by atoms with van der Waals surface area (Å²) in [5.74, 6) is -0.825. The van der Waals surface area contributed by atoms with Gasteiger partial charge in [-0.15, -0.1) is 0 Å². The molecule has 0 aliphatic heterocycles. The lowest BCUT2D eigenvalue weighted by Crippen LogP contribution is -2.28. The molecule has 3 aromatic rings. The number of benzene rings is 3. The number of nitrogens with one attached hydrogen (secondary N) is 1. The Hall–Kier alpha value is -3.19. The maximum atomic E-state index is 13.1. The van der Waals surface area contributed by atoms with Gasteiger partial charge in [-0.3, -0.25) is 9.10 Å². The Balaban J connectivity index is 1.82. The molecule has 0 fully saturated rings. The molecule has 1 atom stereocenters. The van der Waals surface area contributed by atoms with E-state index in [2.05, 4.69) is 5.32 Å². The van der Waals surface area contributed by atoms with Gasteiger partial charge in [0.1, 0.15) is 5.82 Å². The SMILES string of the molecule is C[C@@H](NC(=O)c1cccc(S(=O)(=O)N(C)c2ccc(F)cc2)c1)c1ccccc1. The standard InChI is InChI=1S/C22H21FN2O3S/c1-16(17-7-4-3-5-8-17)24-22(26)18-9-6-10-21(15-18)29(27,28)25(2)20-13-11-19(23)12-14-20/h3-16H,1-2H3,(H,24,26)/t16-/m1/s1. The van der Waals surface area contributed by atoms with Gasteiger partial charge < -0.3 is 5.32 Å². The van der Waals surface area contributed by atoms with Gasteiger partial charge >= 0.3 is 0 Å². The molecule has 0 heterocycles. The molecule has 0 aliphatic rings. The van der Waals surface area contributed by atoms with E-state index in [1.165, 1.54) is 49.5 Å². The summed E-state index contributed by atoms with van der Waals surface area (Å²) in [6.07, 6.45) is 0. The van der Waals surface area contributed by atoms with E-state index in [-0.39, 0.29) is 22.4 Å². The van der Waals surface area contributed by atoms with Gasteiger partial charge in [0.05, 0.1) is 16.6 Å². The van der Waals surface area contributed by atoms with Crippen LogP contribution in [0.3, 0.4) is 0 Å². The van der Waals surface area contributed by atoms with Crippen LogP contribution in [0.4, 0.5) is 10.1 Å². The van der Waals surface area contributed by atoms with Crippen LogP contribution in [0.5, 0.6) is 0 Å². The van der Waals surface area contributed by atoms with E-state index < -0.39 is 15.8 Å². The van der Waals surface area contributed by atoms with Crippen molar-refractivity contribution in [3.8, 4) is 0 Å². The third-order valence-electron chi connectivity index (χ3n) is 4.59. The Labute approximate surface area is 169 Å². The van der Waals surface area contributed by atoms with E-state index in [0.717, 1.165) is 9.87 Å². The number of rotatable bonds is 6. The normalized spacial score (nSPS) is 12.2. The van der Waals surface area contributed by atoms with E-state index >= 15 is 0 Å². The van der Waals surface area contributed by atoms with Crippen molar-refractivity contribution in [3.05, 3.63) is 95.8 Å². The number of sulfonamides is 1. The number of carbonyl (C=O) groups is 1. The van der Waals surface area contributed by atoms with E-state index in [1.54, 1.807) is 6.07 Å². The smallest absolute Gasteiger partial charge is 0.264 e. The summed E-state index contributed by atoms with van der Waals surface area (Å²) in [4.78, 5) is 12.6. The molecule has 0 saturated carbocycles. The number of anilines is 1. The summed E-state index contributed by atoms with van der Waals surface area (Å²) < 4.78 is 40.1. The molecular weight excluding hydrogens is 391 g/mol. The molecule has 0 radical (unpaired) electrons. The molecule has 1 amide bonds. The molecular formula is C22H21FN2O3S. The lowest BCUT2D eigenvalue weighted by molar-refractivity contribution is 0.0939. The molecule has 1 N–H and O–H groups in total. The van der Waals surface area contributed by atoms with Crippen molar-refractivity contribution < 1.29 is 17.6 Å². The zero-order chi connectivity index (χ0) is 21.0. The molecule has 0 unspecified atom stereocenters. The van der Waals surface area contributed by atoms with Gasteiger partial charge in [0.15, 0.2) is 0 Å². The Morgan fingerprint density at radius 2 is 1.62 bits per heavy atom. The summed E-state index contributed by atoms with van der Waals surface area (Å²) in [7, 11) is -2.53. The largest absolute Gasteiger partial charge is 0.346 e. The third-order valence-corrected chi connectivity index (χ3v) is 6.37. The Bertz CT molecular complexity index is 1100. The number of carbonyl (C=O) groups excluding carboxylic acids is 1. The molecule has 0 aromatic heterocycles. The van der Waals surface area contributed by atoms with Crippen molar-refractivity contribution in [2.75, 3.05) is 11.4 Å². The molecule has 3 aromatic carbocycles. The minimum absolute atomic E-state index is 0.0238. The van der Waals surface area contributed by atoms with Crippen LogP contribution in [0.25, 0.3) is 0 Å². The second-order valence-corrected chi connectivity index (χ2v) is 8.55. The zero-order valence-electron chi connectivity index (χ0n) is 16.0. The van der Waals surface area contributed by atoms with Gasteiger partial charge in [-0.25, -0.2) is 12.8 Å². The van der Waals surface area contributed by atoms with E-state index in [0.29, 0.717) is 5.69 Å². The van der Waals surface area contributed by atoms with Gasteiger partial charge in [0.2, 0.25) is 0 Å². The first-order chi connectivity index (χ1) is 13.8. The second-order valence-electron chi connectivity index (χ2n) is 6.58. The predicted molar refractivity (Wildman–Crippen MR) is 111 cm³/mol. The first-order valence-corrected chi connectivity index (χ1v) is 10.4. The predicted octanol–water partition coefficient (Wildman–Crippen LogP) is 4.14. The molecule has 29 heavy (non-hydrogen) atoms. The second kappa shape index (κ2) is 8.45. The van der Waals surface area contributed by atoms with Crippen molar-refractivity contribution in [2.45, 2.75) is 17.9 Å². The molecule has 3 rings (SSSR count). The number of hydrogen-bond acceptors (Lipinski definition) is 3. The lowest BCUT2D eigenvalue weighted by atomic mass is 10.1. The summed E-state index contributed by atoms with van der Waals surface area (Å²) in [5.41, 5.74) is 1.50. The summed E-state index contributed by atoms with van der Waals surface area (Å²) in [5, 5.41) is 2.87. The minimum atomic E-state index is -3.91. The molecule has 150 valence electrons. The van der Waals surface area contributed by atoms with Gasteiger partial charge in [0.25, 0.3) is 15.9 Å². The van der Waals surface area contributed by atoms with Crippen LogP contribution in [0.2, 0.25) is 0 Å². The van der Waals surface area contributed by atoms with E-state index in [9.17, 15) is 17.6 Å². The molecule has 0 spiro atoms. The van der Waals surface area contributed by atoms with Crippen LogP contribution in [-0.2, 0) is 10.0 Å². The summed E-state index contributed by atoms with van der Waals surface area (Å²) >= 11 is 0. The van der Waals surface area contributed by atoms with Gasteiger partial charge in [-0.05, 0) is 55.0 Å². The fourth-order valence-electron chi connectivity index (χ4n) is 2.85. The Morgan fingerprint density at radius 3 is 2.28 bits per heavy atom. The van der Waals surface area contributed by atoms with Crippen molar-refractivity contribution in [3.63, 3.8) is 0 Å². The average Bonchev–Trinajstić information content (AvgIpc) is 2.74. The maximum absolute atomic E-state index is 13.1. The van der Waals surface area contributed by atoms with Crippen LogP contribution >= 0.6 is 0 Å². The monoisotopic (exact) mass is 412 g/mol. The van der Waals surface area contributed by atoms with Crippen LogP contribution in [-0.4, -0.2) is 21.4 Å². The van der Waals surface area contributed by atoms with Crippen molar-refractivity contribution >= 4 is 21.6 Å². The van der Waals surface area contributed by atoms with Crippen LogP contribution in [0, 0.1) is 5.82 Å². The van der Waals surface area contributed by atoms with E-state index in [4.69, 9.17) is 0 Å². The average molecular weight is 412 g/mol. The summed E-state index contributed by atoms with van der Waals surface area (Å²) in [6, 6.07) is 20.2. The number of nitrogens with zero attached hydrogens (tertiary/aromatic N) is 1. The van der Waals surface area contributed by atoms with Crippen molar-refractivity contribution in [1.82, 2.24) is 5.32 Å². The van der Waals surface area contributed by atoms with Gasteiger partial charge in [-0.1, -0.05) is 36.4 Å². The van der Waals surface area contributed by atoms with Gasteiger partial charge in [0, 0.05) is 12.6 Å². The van der Waals surface area contributed by atoms with Crippen LogP contribution in [0.1, 0.15) is 28.9 Å². The molecule has 0 bridgehead atoms. The Kier molecular flexibility index (Phi) is 5.98. The number of halogens is 1. The number of amides is 1. The van der Waals surface area contributed by atoms with Crippen LogP contribution < -0.4 is 9.62 Å². The third kappa shape index (κ3) is 4.63. The topological polar surface area (TPSA) is 66.5 Å². The molecule has 0 saturated heterocycles. The highest BCUT2D eigenvalue weighted by Crippen LogP contribution is 2.23. The van der Waals surface area contributed by atoms with Crippen LogP contribution in [0.15, 0.2) is 83.8 Å². The molecule has 5 nitrogen and oxygen atoms in total. The first-order valence-electron chi connectivity index (χ1n) is 8.99.